The predicted octanol–water partition coefficient (Wildman–Crippen LogP) is 0.849. The van der Waals surface area contributed by atoms with Crippen LogP contribution in [0, 0.1) is 0 Å². The first-order valence-corrected chi connectivity index (χ1v) is 5.85. The number of hydrogen-bond acceptors (Lipinski definition) is 2. The van der Waals surface area contributed by atoms with Gasteiger partial charge < -0.3 is 11.1 Å². The number of benzene rings is 1. The molecular formula is C13H16N2O. The number of hydrogen-bond donors (Lipinski definition) is 2. The minimum absolute atomic E-state index is 0.170. The summed E-state index contributed by atoms with van der Waals surface area (Å²) in [6, 6.07) is 6.41. The van der Waals surface area contributed by atoms with E-state index in [-0.39, 0.29) is 11.3 Å². The lowest BCUT2D eigenvalue weighted by Crippen LogP contribution is -2.29. The van der Waals surface area contributed by atoms with Crippen molar-refractivity contribution in [3.63, 3.8) is 0 Å². The van der Waals surface area contributed by atoms with Gasteiger partial charge in [-0.05, 0) is 42.5 Å². The average Bonchev–Trinajstić information content (AvgIpc) is 3.09. The Hall–Kier alpha value is -1.35. The zero-order valence-electron chi connectivity index (χ0n) is 9.25. The third-order valence-electron chi connectivity index (χ3n) is 3.87. The number of carbonyl (C=O) groups is 1. The number of nitrogens with one attached hydrogen (secondary N) is 1. The van der Waals surface area contributed by atoms with Crippen molar-refractivity contribution in [2.75, 3.05) is 6.54 Å². The van der Waals surface area contributed by atoms with E-state index in [1.165, 1.54) is 11.1 Å². The minimum atomic E-state index is -0.341. The van der Waals surface area contributed by atoms with E-state index in [1.54, 1.807) is 0 Å². The molecule has 1 aliphatic carbocycles. The van der Waals surface area contributed by atoms with Crippen LogP contribution < -0.4 is 11.1 Å². The van der Waals surface area contributed by atoms with Crippen LogP contribution in [0.2, 0.25) is 0 Å². The molecule has 0 spiro atoms. The molecule has 0 bridgehead atoms. The van der Waals surface area contributed by atoms with E-state index in [4.69, 9.17) is 5.73 Å². The third-order valence-corrected chi connectivity index (χ3v) is 3.87. The molecule has 3 rings (SSSR count). The van der Waals surface area contributed by atoms with Crippen LogP contribution in [0.3, 0.4) is 0 Å². The highest BCUT2D eigenvalue weighted by Gasteiger charge is 2.50. The Kier molecular flexibility index (Phi) is 2.04. The molecule has 2 aliphatic rings. The first-order chi connectivity index (χ1) is 7.72. The molecule has 1 amide bonds. The molecule has 0 saturated heterocycles. The van der Waals surface area contributed by atoms with Gasteiger partial charge in [0, 0.05) is 6.54 Å². The number of amides is 1. The summed E-state index contributed by atoms with van der Waals surface area (Å²) in [6.07, 6.45) is 2.91. The average molecular weight is 216 g/mol. The molecule has 1 aromatic carbocycles. The van der Waals surface area contributed by atoms with Crippen molar-refractivity contribution in [2.45, 2.75) is 31.2 Å². The summed E-state index contributed by atoms with van der Waals surface area (Å²) in [6.45, 7) is 1.96. The lowest BCUT2D eigenvalue weighted by molar-refractivity contribution is -0.120. The van der Waals surface area contributed by atoms with Gasteiger partial charge in [-0.25, -0.2) is 0 Å². The Labute approximate surface area is 95.0 Å². The Morgan fingerprint density at radius 2 is 2.12 bits per heavy atom. The maximum Gasteiger partial charge on any atom is 0.228 e. The molecule has 84 valence electrons. The van der Waals surface area contributed by atoms with Gasteiger partial charge in [-0.2, -0.15) is 0 Å². The van der Waals surface area contributed by atoms with Crippen LogP contribution in [-0.2, 0) is 23.2 Å². The Morgan fingerprint density at radius 3 is 2.81 bits per heavy atom. The van der Waals surface area contributed by atoms with Crippen LogP contribution in [0.5, 0.6) is 0 Å². The fourth-order valence-electron chi connectivity index (χ4n) is 2.58. The quantitative estimate of drug-likeness (QED) is 0.770. The van der Waals surface area contributed by atoms with E-state index in [0.717, 1.165) is 37.9 Å². The highest BCUT2D eigenvalue weighted by molar-refractivity contribution is 5.89. The first kappa shape index (κ1) is 9.85. The van der Waals surface area contributed by atoms with Gasteiger partial charge in [0.25, 0.3) is 0 Å². The Bertz CT molecular complexity index is 449. The summed E-state index contributed by atoms with van der Waals surface area (Å²) >= 11 is 0. The highest BCUT2D eigenvalue weighted by atomic mass is 16.1. The van der Waals surface area contributed by atoms with Gasteiger partial charge in [0.1, 0.15) is 0 Å². The van der Waals surface area contributed by atoms with E-state index in [0.29, 0.717) is 0 Å². The van der Waals surface area contributed by atoms with Gasteiger partial charge in [-0.1, -0.05) is 18.2 Å². The van der Waals surface area contributed by atoms with Crippen LogP contribution in [0.25, 0.3) is 0 Å². The summed E-state index contributed by atoms with van der Waals surface area (Å²) < 4.78 is 0. The molecule has 1 fully saturated rings. The fraction of sp³-hybridized carbons (Fsp3) is 0.462. The zero-order chi connectivity index (χ0) is 11.2. The third kappa shape index (κ3) is 1.35. The van der Waals surface area contributed by atoms with Crippen LogP contribution in [0.4, 0.5) is 0 Å². The van der Waals surface area contributed by atoms with Crippen LogP contribution in [0.15, 0.2) is 18.2 Å². The van der Waals surface area contributed by atoms with Crippen LogP contribution in [0.1, 0.15) is 29.5 Å². The lowest BCUT2D eigenvalue weighted by Gasteiger charge is -2.20. The number of rotatable bonds is 2. The van der Waals surface area contributed by atoms with Crippen molar-refractivity contribution in [1.82, 2.24) is 5.32 Å². The molecule has 1 aromatic rings. The van der Waals surface area contributed by atoms with E-state index in [1.807, 2.05) is 0 Å². The van der Waals surface area contributed by atoms with E-state index >= 15 is 0 Å². The van der Waals surface area contributed by atoms with Crippen molar-refractivity contribution in [1.29, 1.82) is 0 Å². The molecule has 1 saturated carbocycles. The monoisotopic (exact) mass is 216 g/mol. The lowest BCUT2D eigenvalue weighted by atomic mass is 9.90. The molecule has 0 unspecified atom stereocenters. The fourth-order valence-corrected chi connectivity index (χ4v) is 2.58. The summed E-state index contributed by atoms with van der Waals surface area (Å²) in [7, 11) is 0. The summed E-state index contributed by atoms with van der Waals surface area (Å²) in [5.41, 5.74) is 8.99. The van der Waals surface area contributed by atoms with Gasteiger partial charge >= 0.3 is 0 Å². The van der Waals surface area contributed by atoms with Crippen molar-refractivity contribution in [2.24, 2.45) is 5.73 Å². The maximum absolute atomic E-state index is 11.5. The Morgan fingerprint density at radius 1 is 1.31 bits per heavy atom. The molecule has 1 aliphatic heterocycles. The first-order valence-electron chi connectivity index (χ1n) is 5.85. The number of fused-ring (bicyclic) bond motifs is 1. The van der Waals surface area contributed by atoms with Gasteiger partial charge in [0.2, 0.25) is 5.91 Å². The molecule has 0 radical (unpaired) electrons. The smallest absolute Gasteiger partial charge is 0.228 e. The van der Waals surface area contributed by atoms with Gasteiger partial charge in [-0.15, -0.1) is 0 Å². The summed E-state index contributed by atoms with van der Waals surface area (Å²) in [5.74, 6) is -0.170. The molecule has 0 atom stereocenters. The van der Waals surface area contributed by atoms with Crippen molar-refractivity contribution in [3.8, 4) is 0 Å². The summed E-state index contributed by atoms with van der Waals surface area (Å²) in [4.78, 5) is 11.5. The highest BCUT2D eigenvalue weighted by Crippen LogP contribution is 2.48. The SMILES string of the molecule is NC(=O)C1(c2ccc3c(c2)CNCC3)CC1. The number of primary amides is 1. The zero-order valence-corrected chi connectivity index (χ0v) is 9.25. The minimum Gasteiger partial charge on any atom is -0.369 e. The molecule has 1 heterocycles. The van der Waals surface area contributed by atoms with Crippen molar-refractivity contribution in [3.05, 3.63) is 34.9 Å². The topological polar surface area (TPSA) is 55.1 Å². The van der Waals surface area contributed by atoms with Gasteiger partial charge in [0.15, 0.2) is 0 Å². The second-order valence-corrected chi connectivity index (χ2v) is 4.86. The van der Waals surface area contributed by atoms with E-state index < -0.39 is 0 Å². The Balaban J connectivity index is 2.00. The van der Waals surface area contributed by atoms with E-state index in [2.05, 4.69) is 23.5 Å². The molecule has 3 nitrogen and oxygen atoms in total. The molecule has 3 heteroatoms. The number of nitrogens with two attached hydrogens (primary N) is 1. The second-order valence-electron chi connectivity index (χ2n) is 4.86. The molecular weight excluding hydrogens is 200 g/mol. The largest absolute Gasteiger partial charge is 0.369 e. The van der Waals surface area contributed by atoms with E-state index in [9.17, 15) is 4.79 Å². The summed E-state index contributed by atoms with van der Waals surface area (Å²) in [5, 5.41) is 3.35. The van der Waals surface area contributed by atoms with Crippen molar-refractivity contribution < 1.29 is 4.79 Å². The normalized spacial score (nSPS) is 21.2. The van der Waals surface area contributed by atoms with Crippen molar-refractivity contribution >= 4 is 5.91 Å². The molecule has 3 N–H and O–H groups in total. The van der Waals surface area contributed by atoms with Gasteiger partial charge in [-0.3, -0.25) is 4.79 Å². The maximum atomic E-state index is 11.5. The van der Waals surface area contributed by atoms with Gasteiger partial charge in [0.05, 0.1) is 5.41 Å². The molecule has 0 aromatic heterocycles. The van der Waals surface area contributed by atoms with Crippen LogP contribution >= 0.6 is 0 Å². The number of carbonyl (C=O) groups excluding carboxylic acids is 1. The van der Waals surface area contributed by atoms with Crippen LogP contribution in [-0.4, -0.2) is 12.5 Å². The standard InChI is InChI=1S/C13H16N2O/c14-12(16)13(4-5-13)11-2-1-9-3-6-15-8-10(9)7-11/h1-2,7,15H,3-6,8H2,(H2,14,16). The second kappa shape index (κ2) is 3.32. The molecule has 16 heavy (non-hydrogen) atoms. The predicted molar refractivity (Wildman–Crippen MR) is 62.0 cm³/mol.